The SMILES string of the molecule is Cc1ccc(C2=NN3C(C2)c2ccccc2OC32C(=O)Nc3ccc(C)cc32)cc1. The standard InChI is InChI=1S/C25H21N3O2/c1-15-7-10-17(11-8-15)21-14-22-18-5-3-4-6-23(18)30-25(28(22)27-21)19-13-16(2)9-12-20(19)26-24(25)29/h3-13,22H,14H2,1-2H3,(H,26,29). The van der Waals surface area contributed by atoms with Crippen LogP contribution >= 0.6 is 0 Å². The Morgan fingerprint density at radius 3 is 2.63 bits per heavy atom. The van der Waals surface area contributed by atoms with Crippen LogP contribution in [-0.4, -0.2) is 16.6 Å². The van der Waals surface area contributed by atoms with Crippen LogP contribution in [0.3, 0.4) is 0 Å². The minimum atomic E-state index is -1.30. The molecule has 2 atom stereocenters. The largest absolute Gasteiger partial charge is 0.453 e. The van der Waals surface area contributed by atoms with Crippen molar-refractivity contribution >= 4 is 17.3 Å². The second kappa shape index (κ2) is 5.95. The average molecular weight is 395 g/mol. The molecule has 1 N–H and O–H groups in total. The van der Waals surface area contributed by atoms with Crippen LogP contribution in [-0.2, 0) is 10.5 Å². The Labute approximate surface area is 175 Å². The molecule has 0 fully saturated rings. The van der Waals surface area contributed by atoms with Crippen molar-refractivity contribution in [3.05, 3.63) is 94.5 Å². The van der Waals surface area contributed by atoms with Crippen LogP contribution in [0.4, 0.5) is 5.69 Å². The first-order valence-corrected chi connectivity index (χ1v) is 10.2. The van der Waals surface area contributed by atoms with Gasteiger partial charge in [0.25, 0.3) is 5.91 Å². The molecule has 3 aromatic rings. The number of carbonyl (C=O) groups is 1. The summed E-state index contributed by atoms with van der Waals surface area (Å²) in [5.41, 5.74) is 5.68. The van der Waals surface area contributed by atoms with Crippen LogP contribution in [0, 0.1) is 13.8 Å². The average Bonchev–Trinajstić information content (AvgIpc) is 3.30. The van der Waals surface area contributed by atoms with Crippen molar-refractivity contribution in [3.8, 4) is 5.75 Å². The Hall–Kier alpha value is -3.60. The molecule has 30 heavy (non-hydrogen) atoms. The van der Waals surface area contributed by atoms with Crippen molar-refractivity contribution in [1.29, 1.82) is 0 Å². The van der Waals surface area contributed by atoms with Crippen molar-refractivity contribution in [2.75, 3.05) is 5.32 Å². The normalized spacial score (nSPS) is 23.4. The van der Waals surface area contributed by atoms with E-state index in [9.17, 15) is 4.79 Å². The molecule has 1 amide bonds. The maximum absolute atomic E-state index is 13.4. The fourth-order valence-electron chi connectivity index (χ4n) is 4.72. The van der Waals surface area contributed by atoms with Gasteiger partial charge in [0.1, 0.15) is 5.75 Å². The zero-order chi connectivity index (χ0) is 20.5. The molecular weight excluding hydrogens is 374 g/mol. The van der Waals surface area contributed by atoms with E-state index in [1.54, 1.807) is 0 Å². The van der Waals surface area contributed by atoms with Gasteiger partial charge in [0.2, 0.25) is 0 Å². The van der Waals surface area contributed by atoms with E-state index in [-0.39, 0.29) is 11.9 Å². The lowest BCUT2D eigenvalue weighted by molar-refractivity contribution is -0.161. The Balaban J connectivity index is 1.57. The van der Waals surface area contributed by atoms with Crippen molar-refractivity contribution in [2.45, 2.75) is 32.0 Å². The first-order chi connectivity index (χ1) is 14.6. The minimum Gasteiger partial charge on any atom is -0.453 e. The molecule has 0 aromatic heterocycles. The molecular formula is C25H21N3O2. The number of para-hydroxylation sites is 1. The number of amides is 1. The second-order valence-corrected chi connectivity index (χ2v) is 8.26. The van der Waals surface area contributed by atoms with Gasteiger partial charge in [-0.2, -0.15) is 5.10 Å². The number of aryl methyl sites for hydroxylation is 2. The van der Waals surface area contributed by atoms with Gasteiger partial charge in [-0.1, -0.05) is 59.7 Å². The summed E-state index contributed by atoms with van der Waals surface area (Å²) in [5.74, 6) is 0.542. The number of nitrogens with one attached hydrogen (secondary N) is 1. The van der Waals surface area contributed by atoms with Gasteiger partial charge in [-0.3, -0.25) is 4.79 Å². The Morgan fingerprint density at radius 2 is 1.80 bits per heavy atom. The number of hydrogen-bond donors (Lipinski definition) is 1. The van der Waals surface area contributed by atoms with Gasteiger partial charge >= 0.3 is 5.72 Å². The lowest BCUT2D eigenvalue weighted by Gasteiger charge is -2.44. The van der Waals surface area contributed by atoms with Crippen LogP contribution in [0.2, 0.25) is 0 Å². The fraction of sp³-hybridized carbons (Fsp3) is 0.200. The van der Waals surface area contributed by atoms with E-state index in [4.69, 9.17) is 9.84 Å². The molecule has 0 aliphatic carbocycles. The third-order valence-electron chi connectivity index (χ3n) is 6.25. The van der Waals surface area contributed by atoms with E-state index in [2.05, 4.69) is 42.6 Å². The van der Waals surface area contributed by atoms with Crippen molar-refractivity contribution in [3.63, 3.8) is 0 Å². The maximum Gasteiger partial charge on any atom is 0.306 e. The molecule has 2 unspecified atom stereocenters. The molecule has 5 heteroatoms. The summed E-state index contributed by atoms with van der Waals surface area (Å²) in [7, 11) is 0. The molecule has 1 spiro atoms. The molecule has 3 aromatic carbocycles. The van der Waals surface area contributed by atoms with E-state index in [0.29, 0.717) is 0 Å². The van der Waals surface area contributed by atoms with Crippen molar-refractivity contribution in [2.24, 2.45) is 5.10 Å². The van der Waals surface area contributed by atoms with Gasteiger partial charge in [-0.25, -0.2) is 5.01 Å². The van der Waals surface area contributed by atoms with Gasteiger partial charge in [0.15, 0.2) is 0 Å². The van der Waals surface area contributed by atoms with Gasteiger partial charge in [-0.15, -0.1) is 0 Å². The van der Waals surface area contributed by atoms with Crippen LogP contribution in [0.1, 0.15) is 40.3 Å². The first-order valence-electron chi connectivity index (χ1n) is 10.2. The quantitative estimate of drug-likeness (QED) is 0.652. The first kappa shape index (κ1) is 17.3. The number of ether oxygens (including phenoxy) is 1. The zero-order valence-electron chi connectivity index (χ0n) is 16.8. The molecule has 6 rings (SSSR count). The Kier molecular flexibility index (Phi) is 3.43. The number of hydrogen-bond acceptors (Lipinski definition) is 4. The Bertz CT molecular complexity index is 1230. The molecule has 5 nitrogen and oxygen atoms in total. The molecule has 3 aliphatic rings. The number of rotatable bonds is 1. The van der Waals surface area contributed by atoms with E-state index >= 15 is 0 Å². The zero-order valence-corrected chi connectivity index (χ0v) is 16.8. The van der Waals surface area contributed by atoms with Gasteiger partial charge in [0, 0.05) is 12.0 Å². The number of hydrazone groups is 1. The molecule has 3 heterocycles. The molecule has 3 aliphatic heterocycles. The summed E-state index contributed by atoms with van der Waals surface area (Å²) in [6, 6.07) is 22.2. The third kappa shape index (κ3) is 2.23. The van der Waals surface area contributed by atoms with Crippen LogP contribution < -0.4 is 10.1 Å². The molecule has 148 valence electrons. The van der Waals surface area contributed by atoms with Gasteiger partial charge < -0.3 is 10.1 Å². The summed E-state index contributed by atoms with van der Waals surface area (Å²) < 4.78 is 6.50. The summed E-state index contributed by atoms with van der Waals surface area (Å²) in [6.45, 7) is 4.10. The predicted octanol–water partition coefficient (Wildman–Crippen LogP) is 4.65. The smallest absolute Gasteiger partial charge is 0.306 e. The monoisotopic (exact) mass is 395 g/mol. The lowest BCUT2D eigenvalue weighted by Crippen LogP contribution is -2.55. The number of nitrogens with zero attached hydrogens (tertiary/aromatic N) is 2. The summed E-state index contributed by atoms with van der Waals surface area (Å²) in [6.07, 6.45) is 0.722. The Morgan fingerprint density at radius 1 is 1.03 bits per heavy atom. The molecule has 0 radical (unpaired) electrons. The number of fused-ring (bicyclic) bond motifs is 6. The van der Waals surface area contributed by atoms with Crippen molar-refractivity contribution < 1.29 is 9.53 Å². The maximum atomic E-state index is 13.4. The third-order valence-corrected chi connectivity index (χ3v) is 6.25. The highest BCUT2D eigenvalue weighted by atomic mass is 16.5. The second-order valence-electron chi connectivity index (χ2n) is 8.26. The number of anilines is 1. The summed E-state index contributed by atoms with van der Waals surface area (Å²) in [4.78, 5) is 13.4. The predicted molar refractivity (Wildman–Crippen MR) is 115 cm³/mol. The molecule has 0 saturated carbocycles. The molecule has 0 bridgehead atoms. The van der Waals surface area contributed by atoms with Crippen LogP contribution in [0.25, 0.3) is 0 Å². The van der Waals surface area contributed by atoms with E-state index < -0.39 is 5.72 Å². The number of benzene rings is 3. The highest BCUT2D eigenvalue weighted by molar-refractivity contribution is 6.07. The lowest BCUT2D eigenvalue weighted by atomic mass is 9.92. The van der Waals surface area contributed by atoms with E-state index in [1.807, 2.05) is 48.3 Å². The highest BCUT2D eigenvalue weighted by Gasteiger charge is 2.60. The fourth-order valence-corrected chi connectivity index (χ4v) is 4.72. The van der Waals surface area contributed by atoms with Crippen LogP contribution in [0.15, 0.2) is 71.8 Å². The number of carbonyl (C=O) groups excluding carboxylic acids is 1. The minimum absolute atomic E-state index is 0.0662. The van der Waals surface area contributed by atoms with Gasteiger partial charge in [-0.05, 0) is 37.6 Å². The molecule has 0 saturated heterocycles. The summed E-state index contributed by atoms with van der Waals surface area (Å²) >= 11 is 0. The van der Waals surface area contributed by atoms with E-state index in [1.165, 1.54) is 5.56 Å². The van der Waals surface area contributed by atoms with Crippen LogP contribution in [0.5, 0.6) is 5.75 Å². The highest BCUT2D eigenvalue weighted by Crippen LogP contribution is 2.54. The van der Waals surface area contributed by atoms with Crippen molar-refractivity contribution in [1.82, 2.24) is 5.01 Å². The topological polar surface area (TPSA) is 53.9 Å². The van der Waals surface area contributed by atoms with E-state index in [0.717, 1.165) is 45.8 Å². The van der Waals surface area contributed by atoms with Gasteiger partial charge in [0.05, 0.1) is 23.0 Å². The summed E-state index contributed by atoms with van der Waals surface area (Å²) in [5, 5.41) is 9.88.